The van der Waals surface area contributed by atoms with Crippen LogP contribution < -0.4 is 5.32 Å². The van der Waals surface area contributed by atoms with Gasteiger partial charge in [0.15, 0.2) is 6.61 Å². The van der Waals surface area contributed by atoms with Crippen LogP contribution in [0, 0.1) is 0 Å². The second-order valence-corrected chi connectivity index (χ2v) is 7.41. The van der Waals surface area contributed by atoms with Gasteiger partial charge in [-0.2, -0.15) is 0 Å². The SMILES string of the molecule is COCCNC(=O)COC(=O)c1cc(S(=O)(=O)N(C)C)ccc1Cl. The summed E-state index contributed by atoms with van der Waals surface area (Å²) >= 11 is 5.91. The molecule has 0 atom stereocenters. The Kier molecular flexibility index (Phi) is 7.61. The standard InChI is InChI=1S/C14H19ClN2O6S/c1-17(2)24(20,21)10-4-5-12(15)11(8-10)14(19)23-9-13(18)16-6-7-22-3/h4-5,8H,6-7,9H2,1-3H3,(H,16,18). The lowest BCUT2D eigenvalue weighted by molar-refractivity contribution is -0.124. The summed E-state index contributed by atoms with van der Waals surface area (Å²) in [6.45, 7) is 0.101. The van der Waals surface area contributed by atoms with Crippen LogP contribution in [0.3, 0.4) is 0 Å². The molecule has 0 aliphatic rings. The fraction of sp³-hybridized carbons (Fsp3) is 0.429. The highest BCUT2D eigenvalue weighted by atomic mass is 35.5. The number of benzene rings is 1. The van der Waals surface area contributed by atoms with E-state index in [9.17, 15) is 18.0 Å². The largest absolute Gasteiger partial charge is 0.452 e. The van der Waals surface area contributed by atoms with Crippen LogP contribution in [0.25, 0.3) is 0 Å². The quantitative estimate of drug-likeness (QED) is 0.522. The van der Waals surface area contributed by atoms with Crippen molar-refractivity contribution in [2.45, 2.75) is 4.90 Å². The Morgan fingerprint density at radius 2 is 1.96 bits per heavy atom. The molecular weight excluding hydrogens is 360 g/mol. The molecule has 0 aromatic heterocycles. The topological polar surface area (TPSA) is 102 Å². The second-order valence-electron chi connectivity index (χ2n) is 4.85. The zero-order valence-electron chi connectivity index (χ0n) is 13.5. The lowest BCUT2D eigenvalue weighted by Crippen LogP contribution is -2.31. The van der Waals surface area contributed by atoms with Crippen molar-refractivity contribution in [3.8, 4) is 0 Å². The maximum absolute atomic E-state index is 12.1. The monoisotopic (exact) mass is 378 g/mol. The number of hydrogen-bond donors (Lipinski definition) is 1. The van der Waals surface area contributed by atoms with Crippen LogP contribution in [0.15, 0.2) is 23.1 Å². The van der Waals surface area contributed by atoms with Crippen LogP contribution in [-0.2, 0) is 24.3 Å². The molecule has 1 aromatic rings. The first-order chi connectivity index (χ1) is 11.2. The van der Waals surface area contributed by atoms with Crippen LogP contribution in [0.1, 0.15) is 10.4 Å². The zero-order chi connectivity index (χ0) is 18.3. The lowest BCUT2D eigenvalue weighted by atomic mass is 10.2. The summed E-state index contributed by atoms with van der Waals surface area (Å²) in [5.41, 5.74) is -0.135. The average Bonchev–Trinajstić information content (AvgIpc) is 2.53. The van der Waals surface area contributed by atoms with E-state index in [4.69, 9.17) is 21.1 Å². The Hall–Kier alpha value is -1.68. The van der Waals surface area contributed by atoms with E-state index in [1.54, 1.807) is 0 Å². The van der Waals surface area contributed by atoms with Crippen LogP contribution in [-0.4, -0.2) is 65.6 Å². The minimum absolute atomic E-state index is 0.0255. The Morgan fingerprint density at radius 3 is 2.54 bits per heavy atom. The van der Waals surface area contributed by atoms with E-state index in [2.05, 4.69) is 5.32 Å². The van der Waals surface area contributed by atoms with Gasteiger partial charge >= 0.3 is 5.97 Å². The molecule has 0 aliphatic heterocycles. The Morgan fingerprint density at radius 1 is 1.29 bits per heavy atom. The molecule has 0 saturated heterocycles. The molecule has 1 aromatic carbocycles. The van der Waals surface area contributed by atoms with Gasteiger partial charge in [-0.25, -0.2) is 17.5 Å². The first-order valence-electron chi connectivity index (χ1n) is 6.85. The van der Waals surface area contributed by atoms with Gasteiger partial charge in [-0.15, -0.1) is 0 Å². The van der Waals surface area contributed by atoms with Crippen molar-refractivity contribution in [2.75, 3.05) is 41.0 Å². The molecule has 0 saturated carbocycles. The fourth-order valence-electron chi connectivity index (χ4n) is 1.58. The van der Waals surface area contributed by atoms with Gasteiger partial charge in [0.25, 0.3) is 5.91 Å². The number of carbonyl (C=O) groups is 2. The maximum Gasteiger partial charge on any atom is 0.340 e. The van der Waals surface area contributed by atoms with Gasteiger partial charge in [0.05, 0.1) is 22.1 Å². The van der Waals surface area contributed by atoms with Crippen molar-refractivity contribution < 1.29 is 27.5 Å². The highest BCUT2D eigenvalue weighted by Gasteiger charge is 2.21. The van der Waals surface area contributed by atoms with Gasteiger partial charge in [-0.1, -0.05) is 11.6 Å². The summed E-state index contributed by atoms with van der Waals surface area (Å²) < 4.78 is 34.8. The zero-order valence-corrected chi connectivity index (χ0v) is 15.1. The number of carbonyl (C=O) groups excluding carboxylic acids is 2. The smallest absolute Gasteiger partial charge is 0.340 e. The molecule has 134 valence electrons. The summed E-state index contributed by atoms with van der Waals surface area (Å²) in [6.07, 6.45) is 0. The highest BCUT2D eigenvalue weighted by Crippen LogP contribution is 2.22. The number of hydrogen-bond acceptors (Lipinski definition) is 6. The van der Waals surface area contributed by atoms with Gasteiger partial charge in [-0.3, -0.25) is 4.79 Å². The lowest BCUT2D eigenvalue weighted by Gasteiger charge is -2.13. The molecule has 1 rings (SSSR count). The summed E-state index contributed by atoms with van der Waals surface area (Å²) in [7, 11) is 0.502. The molecule has 24 heavy (non-hydrogen) atoms. The Bertz CT molecular complexity index is 705. The predicted molar refractivity (Wildman–Crippen MR) is 87.5 cm³/mol. The van der Waals surface area contributed by atoms with Crippen LogP contribution in [0.4, 0.5) is 0 Å². The maximum atomic E-state index is 12.1. The molecule has 0 bridgehead atoms. The second kappa shape index (κ2) is 8.97. The van der Waals surface area contributed by atoms with Crippen molar-refractivity contribution >= 4 is 33.5 Å². The number of sulfonamides is 1. The summed E-state index contributed by atoms with van der Waals surface area (Å²) in [5.74, 6) is -1.40. The molecule has 0 fully saturated rings. The number of rotatable bonds is 8. The third kappa shape index (κ3) is 5.45. The van der Waals surface area contributed by atoms with E-state index in [1.165, 1.54) is 33.3 Å². The third-order valence-corrected chi connectivity index (χ3v) is 5.04. The minimum atomic E-state index is -3.72. The number of halogens is 1. The van der Waals surface area contributed by atoms with Gasteiger partial charge in [0.2, 0.25) is 10.0 Å². The molecule has 10 heteroatoms. The minimum Gasteiger partial charge on any atom is -0.452 e. The van der Waals surface area contributed by atoms with Crippen molar-refractivity contribution in [1.29, 1.82) is 0 Å². The number of amides is 1. The van der Waals surface area contributed by atoms with Crippen LogP contribution in [0.5, 0.6) is 0 Å². The van der Waals surface area contributed by atoms with Crippen molar-refractivity contribution in [3.05, 3.63) is 28.8 Å². The molecule has 1 N–H and O–H groups in total. The molecule has 8 nitrogen and oxygen atoms in total. The normalized spacial score (nSPS) is 11.4. The van der Waals surface area contributed by atoms with E-state index >= 15 is 0 Å². The van der Waals surface area contributed by atoms with Gasteiger partial charge in [0, 0.05) is 27.7 Å². The molecule has 0 aliphatic carbocycles. The van der Waals surface area contributed by atoms with Crippen molar-refractivity contribution in [2.24, 2.45) is 0 Å². The predicted octanol–water partition coefficient (Wildman–Crippen LogP) is 0.510. The van der Waals surface area contributed by atoms with E-state index < -0.39 is 28.5 Å². The fourth-order valence-corrected chi connectivity index (χ4v) is 2.71. The molecule has 0 unspecified atom stereocenters. The number of methoxy groups -OCH3 is 1. The number of ether oxygens (including phenoxy) is 2. The molecular formula is C14H19ClN2O6S. The average molecular weight is 379 g/mol. The summed E-state index contributed by atoms with van der Waals surface area (Å²) in [5, 5.41) is 2.50. The van der Waals surface area contributed by atoms with E-state index in [1.807, 2.05) is 0 Å². The Balaban J connectivity index is 2.82. The van der Waals surface area contributed by atoms with Gasteiger partial charge < -0.3 is 14.8 Å². The number of esters is 1. The highest BCUT2D eigenvalue weighted by molar-refractivity contribution is 7.89. The number of nitrogens with one attached hydrogen (secondary N) is 1. The molecule has 0 radical (unpaired) electrons. The molecule has 0 heterocycles. The molecule has 1 amide bonds. The summed E-state index contributed by atoms with van der Waals surface area (Å²) in [6, 6.07) is 3.68. The van der Waals surface area contributed by atoms with E-state index in [0.717, 1.165) is 10.4 Å². The molecule has 0 spiro atoms. The van der Waals surface area contributed by atoms with Crippen molar-refractivity contribution in [3.63, 3.8) is 0 Å². The van der Waals surface area contributed by atoms with E-state index in [0.29, 0.717) is 6.61 Å². The van der Waals surface area contributed by atoms with Gasteiger partial charge in [-0.05, 0) is 18.2 Å². The number of nitrogens with zero attached hydrogens (tertiary/aromatic N) is 1. The van der Waals surface area contributed by atoms with Crippen molar-refractivity contribution in [1.82, 2.24) is 9.62 Å². The van der Waals surface area contributed by atoms with E-state index in [-0.39, 0.29) is 22.0 Å². The third-order valence-electron chi connectivity index (χ3n) is 2.90. The summed E-state index contributed by atoms with van der Waals surface area (Å²) in [4.78, 5) is 23.4. The first kappa shape index (κ1) is 20.4. The first-order valence-corrected chi connectivity index (χ1v) is 8.66. The van der Waals surface area contributed by atoms with Crippen LogP contribution in [0.2, 0.25) is 5.02 Å². The van der Waals surface area contributed by atoms with Gasteiger partial charge in [0.1, 0.15) is 0 Å². The Labute approximate surface area is 145 Å². The van der Waals surface area contributed by atoms with Crippen LogP contribution >= 0.6 is 11.6 Å².